The van der Waals surface area contributed by atoms with Crippen LogP contribution in [0.3, 0.4) is 0 Å². The number of carbonyl (C=O) groups excluding carboxylic acids is 1. The summed E-state index contributed by atoms with van der Waals surface area (Å²) in [6, 6.07) is 7.86. The van der Waals surface area contributed by atoms with Gasteiger partial charge in [0.15, 0.2) is 5.06 Å². The summed E-state index contributed by atoms with van der Waals surface area (Å²) in [5.41, 5.74) is 5.34. The van der Waals surface area contributed by atoms with Crippen LogP contribution in [0.1, 0.15) is 12.8 Å². The standard InChI is InChI=1S/C12H13NO2S/c13-7-3-6-11(14)15-12-10-5-2-1-4-9(10)8-16-12/h1-2,4-5,8H,3,6-7,13H2. The topological polar surface area (TPSA) is 52.3 Å². The van der Waals surface area contributed by atoms with Crippen LogP contribution in [0.15, 0.2) is 29.6 Å². The largest absolute Gasteiger partial charge is 0.415 e. The van der Waals surface area contributed by atoms with Crippen LogP contribution in [0.5, 0.6) is 5.06 Å². The molecule has 3 nitrogen and oxygen atoms in total. The molecule has 0 fully saturated rings. The number of rotatable bonds is 4. The second kappa shape index (κ2) is 5.09. The Morgan fingerprint density at radius 1 is 1.38 bits per heavy atom. The molecule has 1 aromatic heterocycles. The number of hydrogen-bond donors (Lipinski definition) is 1. The van der Waals surface area contributed by atoms with Gasteiger partial charge in [0.05, 0.1) is 0 Å². The first kappa shape index (κ1) is 11.1. The maximum atomic E-state index is 11.4. The summed E-state index contributed by atoms with van der Waals surface area (Å²) in [4.78, 5) is 11.4. The van der Waals surface area contributed by atoms with Crippen molar-refractivity contribution in [2.24, 2.45) is 5.73 Å². The summed E-state index contributed by atoms with van der Waals surface area (Å²) in [7, 11) is 0. The Labute approximate surface area is 97.8 Å². The first-order chi connectivity index (χ1) is 7.81. The van der Waals surface area contributed by atoms with Crippen molar-refractivity contribution in [3.05, 3.63) is 29.6 Å². The molecule has 0 aliphatic heterocycles. The van der Waals surface area contributed by atoms with E-state index >= 15 is 0 Å². The molecule has 1 aromatic carbocycles. The van der Waals surface area contributed by atoms with Gasteiger partial charge in [0, 0.05) is 17.2 Å². The van der Waals surface area contributed by atoms with E-state index in [1.807, 2.05) is 29.6 Å². The van der Waals surface area contributed by atoms with Crippen LogP contribution < -0.4 is 10.5 Å². The van der Waals surface area contributed by atoms with Gasteiger partial charge in [-0.2, -0.15) is 0 Å². The summed E-state index contributed by atoms with van der Waals surface area (Å²) < 4.78 is 5.29. The van der Waals surface area contributed by atoms with Gasteiger partial charge in [-0.3, -0.25) is 4.79 Å². The second-order valence-electron chi connectivity index (χ2n) is 3.48. The van der Waals surface area contributed by atoms with Crippen LogP contribution in [0.4, 0.5) is 0 Å². The molecular formula is C12H13NO2S. The number of fused-ring (bicyclic) bond motifs is 1. The second-order valence-corrected chi connectivity index (χ2v) is 4.32. The third-order valence-electron chi connectivity index (χ3n) is 2.27. The lowest BCUT2D eigenvalue weighted by molar-refractivity contribution is -0.134. The van der Waals surface area contributed by atoms with Gasteiger partial charge >= 0.3 is 5.97 Å². The minimum atomic E-state index is -0.210. The number of benzene rings is 1. The highest BCUT2D eigenvalue weighted by atomic mass is 32.1. The molecule has 0 saturated heterocycles. The number of hydrogen-bond acceptors (Lipinski definition) is 4. The van der Waals surface area contributed by atoms with Crippen molar-refractivity contribution in [1.82, 2.24) is 0 Å². The van der Waals surface area contributed by atoms with Gasteiger partial charge in [-0.05, 0) is 24.4 Å². The summed E-state index contributed by atoms with van der Waals surface area (Å²) in [6.45, 7) is 0.514. The Hall–Kier alpha value is -1.39. The van der Waals surface area contributed by atoms with Crippen molar-refractivity contribution in [3.8, 4) is 5.06 Å². The van der Waals surface area contributed by atoms with E-state index in [4.69, 9.17) is 10.5 Å². The normalized spacial score (nSPS) is 10.6. The van der Waals surface area contributed by atoms with E-state index in [1.54, 1.807) is 0 Å². The third-order valence-corrected chi connectivity index (χ3v) is 3.15. The summed E-state index contributed by atoms with van der Waals surface area (Å²) in [5.74, 6) is -0.210. The average Bonchev–Trinajstić information content (AvgIpc) is 2.70. The molecule has 16 heavy (non-hydrogen) atoms. The summed E-state index contributed by atoms with van der Waals surface area (Å²) in [5, 5.41) is 4.77. The summed E-state index contributed by atoms with van der Waals surface area (Å²) in [6.07, 6.45) is 1.05. The Morgan fingerprint density at radius 3 is 3.00 bits per heavy atom. The fourth-order valence-corrected chi connectivity index (χ4v) is 2.34. The molecule has 2 N–H and O–H groups in total. The molecule has 0 saturated carbocycles. The maximum absolute atomic E-state index is 11.4. The molecular weight excluding hydrogens is 222 g/mol. The molecule has 1 heterocycles. The number of ether oxygens (including phenoxy) is 1. The maximum Gasteiger partial charge on any atom is 0.312 e. The van der Waals surface area contributed by atoms with E-state index < -0.39 is 0 Å². The number of thiophene rings is 1. The molecule has 0 aliphatic rings. The fraction of sp³-hybridized carbons (Fsp3) is 0.250. The molecule has 0 bridgehead atoms. The van der Waals surface area contributed by atoms with Crippen molar-refractivity contribution in [3.63, 3.8) is 0 Å². The van der Waals surface area contributed by atoms with E-state index in [-0.39, 0.29) is 5.97 Å². The van der Waals surface area contributed by atoms with E-state index in [1.165, 1.54) is 11.3 Å². The molecule has 0 spiro atoms. The molecule has 2 rings (SSSR count). The Balaban J connectivity index is 2.12. The zero-order chi connectivity index (χ0) is 11.4. The number of esters is 1. The van der Waals surface area contributed by atoms with E-state index in [0.29, 0.717) is 24.4 Å². The molecule has 0 unspecified atom stereocenters. The lowest BCUT2D eigenvalue weighted by atomic mass is 10.2. The first-order valence-corrected chi connectivity index (χ1v) is 6.06. The van der Waals surface area contributed by atoms with Crippen molar-refractivity contribution < 1.29 is 9.53 Å². The van der Waals surface area contributed by atoms with Crippen LogP contribution >= 0.6 is 11.3 Å². The monoisotopic (exact) mass is 235 g/mol. The van der Waals surface area contributed by atoms with Gasteiger partial charge in [0.2, 0.25) is 0 Å². The van der Waals surface area contributed by atoms with Gasteiger partial charge in [-0.25, -0.2) is 0 Å². The van der Waals surface area contributed by atoms with Crippen LogP contribution in [0, 0.1) is 0 Å². The lowest BCUT2D eigenvalue weighted by Gasteiger charge is -2.01. The quantitative estimate of drug-likeness (QED) is 0.828. The predicted octanol–water partition coefficient (Wildman–Crippen LogP) is 2.55. The minimum absolute atomic E-state index is 0.210. The molecule has 2 aromatic rings. The Kier molecular flexibility index (Phi) is 3.54. The van der Waals surface area contributed by atoms with Gasteiger partial charge in [0.25, 0.3) is 0 Å². The van der Waals surface area contributed by atoms with Crippen LogP contribution in [-0.2, 0) is 4.79 Å². The highest BCUT2D eigenvalue weighted by molar-refractivity contribution is 7.13. The van der Waals surface area contributed by atoms with Crippen molar-refractivity contribution in [2.45, 2.75) is 12.8 Å². The van der Waals surface area contributed by atoms with Gasteiger partial charge in [-0.1, -0.05) is 18.2 Å². The Morgan fingerprint density at radius 2 is 2.19 bits per heavy atom. The fourth-order valence-electron chi connectivity index (χ4n) is 1.45. The van der Waals surface area contributed by atoms with Gasteiger partial charge in [0.1, 0.15) is 0 Å². The van der Waals surface area contributed by atoms with Crippen LogP contribution in [0.2, 0.25) is 0 Å². The van der Waals surface area contributed by atoms with Crippen molar-refractivity contribution >= 4 is 28.1 Å². The zero-order valence-electron chi connectivity index (χ0n) is 8.81. The summed E-state index contributed by atoms with van der Waals surface area (Å²) >= 11 is 1.45. The molecule has 0 radical (unpaired) electrons. The molecule has 0 amide bonds. The highest BCUT2D eigenvalue weighted by Crippen LogP contribution is 2.32. The first-order valence-electron chi connectivity index (χ1n) is 5.18. The minimum Gasteiger partial charge on any atom is -0.415 e. The van der Waals surface area contributed by atoms with Crippen molar-refractivity contribution in [2.75, 3.05) is 6.54 Å². The SMILES string of the molecule is NCCCC(=O)Oc1scc2ccccc12. The Bertz CT molecular complexity index is 492. The third kappa shape index (κ3) is 2.40. The van der Waals surface area contributed by atoms with Crippen LogP contribution in [0.25, 0.3) is 10.8 Å². The van der Waals surface area contributed by atoms with Gasteiger partial charge < -0.3 is 10.5 Å². The number of nitrogens with two attached hydrogens (primary N) is 1. The predicted molar refractivity (Wildman–Crippen MR) is 65.7 cm³/mol. The zero-order valence-corrected chi connectivity index (χ0v) is 9.63. The lowest BCUT2D eigenvalue weighted by Crippen LogP contribution is -2.10. The molecule has 0 aliphatic carbocycles. The van der Waals surface area contributed by atoms with Crippen LogP contribution in [-0.4, -0.2) is 12.5 Å². The smallest absolute Gasteiger partial charge is 0.312 e. The molecule has 84 valence electrons. The van der Waals surface area contributed by atoms with E-state index in [9.17, 15) is 4.79 Å². The van der Waals surface area contributed by atoms with E-state index in [2.05, 4.69) is 0 Å². The molecule has 0 atom stereocenters. The van der Waals surface area contributed by atoms with Crippen molar-refractivity contribution in [1.29, 1.82) is 0 Å². The highest BCUT2D eigenvalue weighted by Gasteiger charge is 2.09. The van der Waals surface area contributed by atoms with Gasteiger partial charge in [-0.15, -0.1) is 11.3 Å². The molecule has 4 heteroatoms. The van der Waals surface area contributed by atoms with E-state index in [0.717, 1.165) is 10.8 Å². The average molecular weight is 235 g/mol. The number of carbonyl (C=O) groups is 1.